The van der Waals surface area contributed by atoms with Crippen LogP contribution in [0, 0.1) is 0 Å². The Labute approximate surface area is 84.0 Å². The normalized spacial score (nSPS) is 11.1. The van der Waals surface area contributed by atoms with Crippen LogP contribution < -0.4 is 11.5 Å². The predicted octanol–water partition coefficient (Wildman–Crippen LogP) is -0.294. The molecule has 4 N–H and O–H groups in total. The van der Waals surface area contributed by atoms with Gasteiger partial charge in [0.05, 0.1) is 11.9 Å². The van der Waals surface area contributed by atoms with E-state index in [2.05, 4.69) is 5.10 Å². The molecule has 0 spiro atoms. The Balaban J connectivity index is 2.35. The van der Waals surface area contributed by atoms with E-state index in [-0.39, 0.29) is 6.17 Å². The smallest absolute Gasteiger partial charge is 0.0653 e. The topological polar surface area (TPSA) is 79.1 Å². The Bertz CT molecular complexity index is 259. The molecule has 1 aromatic heterocycles. The highest BCUT2D eigenvalue weighted by Gasteiger charge is 2.01. The summed E-state index contributed by atoms with van der Waals surface area (Å²) in [7, 11) is 1.70. The van der Waals surface area contributed by atoms with Crippen molar-refractivity contribution in [3.63, 3.8) is 0 Å². The minimum absolute atomic E-state index is 0.322. The van der Waals surface area contributed by atoms with E-state index in [4.69, 9.17) is 16.2 Å². The van der Waals surface area contributed by atoms with Gasteiger partial charge in [-0.25, -0.2) is 0 Å². The van der Waals surface area contributed by atoms with Crippen molar-refractivity contribution in [3.05, 3.63) is 18.0 Å². The quantitative estimate of drug-likeness (QED) is 0.486. The highest BCUT2D eigenvalue weighted by molar-refractivity contribution is 5.00. The second-order valence-electron chi connectivity index (χ2n) is 3.28. The minimum Gasteiger partial charge on any atom is -0.385 e. The Morgan fingerprint density at radius 1 is 1.57 bits per heavy atom. The summed E-state index contributed by atoms with van der Waals surface area (Å²) in [6, 6.07) is 1.94. The highest BCUT2D eigenvalue weighted by Crippen LogP contribution is 1.98. The number of aryl methyl sites for hydroxylation is 1. The molecule has 5 heteroatoms. The first-order valence-electron chi connectivity index (χ1n) is 4.75. The second kappa shape index (κ2) is 5.74. The Morgan fingerprint density at radius 2 is 2.36 bits per heavy atom. The summed E-state index contributed by atoms with van der Waals surface area (Å²) in [5.41, 5.74) is 11.9. The van der Waals surface area contributed by atoms with Gasteiger partial charge in [-0.15, -0.1) is 0 Å². The van der Waals surface area contributed by atoms with Gasteiger partial charge >= 0.3 is 0 Å². The monoisotopic (exact) mass is 198 g/mol. The van der Waals surface area contributed by atoms with E-state index in [0.717, 1.165) is 25.3 Å². The number of aromatic nitrogens is 2. The number of rotatable bonds is 6. The van der Waals surface area contributed by atoms with Crippen molar-refractivity contribution in [2.24, 2.45) is 11.5 Å². The Hall–Kier alpha value is -0.910. The molecule has 0 unspecified atom stereocenters. The minimum atomic E-state index is -0.322. The van der Waals surface area contributed by atoms with Crippen LogP contribution >= 0.6 is 0 Å². The lowest BCUT2D eigenvalue weighted by atomic mass is 10.3. The maximum atomic E-state index is 5.46. The van der Waals surface area contributed by atoms with Gasteiger partial charge in [0, 0.05) is 32.9 Å². The van der Waals surface area contributed by atoms with Gasteiger partial charge in [-0.1, -0.05) is 0 Å². The van der Waals surface area contributed by atoms with Crippen LogP contribution in [0.25, 0.3) is 0 Å². The molecule has 0 amide bonds. The summed E-state index contributed by atoms with van der Waals surface area (Å²) < 4.78 is 6.84. The molecule has 1 heterocycles. The highest BCUT2D eigenvalue weighted by atomic mass is 16.5. The number of nitrogens with zero attached hydrogens (tertiary/aromatic N) is 2. The molecule has 0 aliphatic heterocycles. The van der Waals surface area contributed by atoms with Crippen molar-refractivity contribution in [2.75, 3.05) is 13.7 Å². The Morgan fingerprint density at radius 3 is 3.00 bits per heavy atom. The molecule has 0 fully saturated rings. The molecule has 0 saturated carbocycles. The fourth-order valence-corrected chi connectivity index (χ4v) is 1.25. The zero-order valence-electron chi connectivity index (χ0n) is 8.52. The van der Waals surface area contributed by atoms with Gasteiger partial charge in [-0.3, -0.25) is 4.68 Å². The van der Waals surface area contributed by atoms with Gasteiger partial charge in [0.15, 0.2) is 0 Å². The lowest BCUT2D eigenvalue weighted by molar-refractivity contribution is 0.189. The molecule has 0 aliphatic rings. The molecule has 1 rings (SSSR count). The standard InChI is InChI=1S/C9H18N4O/c1-14-6-2-4-13-5-3-8(12-13)7-9(10)11/h3,5,9H,2,4,6-7,10-11H2,1H3. The van der Waals surface area contributed by atoms with Crippen LogP contribution in [-0.2, 0) is 17.7 Å². The van der Waals surface area contributed by atoms with E-state index < -0.39 is 0 Å². The van der Waals surface area contributed by atoms with Crippen molar-refractivity contribution in [2.45, 2.75) is 25.6 Å². The lowest BCUT2D eigenvalue weighted by Crippen LogP contribution is -2.32. The van der Waals surface area contributed by atoms with E-state index in [9.17, 15) is 0 Å². The number of hydrogen-bond acceptors (Lipinski definition) is 4. The van der Waals surface area contributed by atoms with Gasteiger partial charge in [0.2, 0.25) is 0 Å². The molecular formula is C9H18N4O. The second-order valence-corrected chi connectivity index (χ2v) is 3.28. The third-order valence-corrected chi connectivity index (χ3v) is 1.88. The molecular weight excluding hydrogens is 180 g/mol. The third-order valence-electron chi connectivity index (χ3n) is 1.88. The summed E-state index contributed by atoms with van der Waals surface area (Å²) in [5, 5.41) is 4.32. The lowest BCUT2D eigenvalue weighted by Gasteiger charge is -2.02. The van der Waals surface area contributed by atoms with Crippen molar-refractivity contribution in [3.8, 4) is 0 Å². The molecule has 0 aromatic carbocycles. The van der Waals surface area contributed by atoms with Crippen molar-refractivity contribution in [1.29, 1.82) is 0 Å². The van der Waals surface area contributed by atoms with Crippen LogP contribution in [0.5, 0.6) is 0 Å². The van der Waals surface area contributed by atoms with E-state index in [1.165, 1.54) is 0 Å². The van der Waals surface area contributed by atoms with Gasteiger partial charge in [0.25, 0.3) is 0 Å². The fourth-order valence-electron chi connectivity index (χ4n) is 1.25. The zero-order valence-corrected chi connectivity index (χ0v) is 8.52. The molecule has 80 valence electrons. The average molecular weight is 198 g/mol. The van der Waals surface area contributed by atoms with Crippen LogP contribution in [0.1, 0.15) is 12.1 Å². The molecule has 0 saturated heterocycles. The number of methoxy groups -OCH3 is 1. The largest absolute Gasteiger partial charge is 0.385 e. The van der Waals surface area contributed by atoms with E-state index in [1.807, 2.05) is 16.9 Å². The molecule has 0 aliphatic carbocycles. The number of hydrogen-bond donors (Lipinski definition) is 2. The number of ether oxygens (including phenoxy) is 1. The fraction of sp³-hybridized carbons (Fsp3) is 0.667. The van der Waals surface area contributed by atoms with Gasteiger partial charge in [-0.2, -0.15) is 5.10 Å². The predicted molar refractivity (Wildman–Crippen MR) is 54.6 cm³/mol. The SMILES string of the molecule is COCCCn1ccc(CC(N)N)n1. The summed E-state index contributed by atoms with van der Waals surface area (Å²) in [6.07, 6.45) is 3.20. The van der Waals surface area contributed by atoms with Crippen LogP contribution in [-0.4, -0.2) is 29.7 Å². The molecule has 14 heavy (non-hydrogen) atoms. The first-order valence-corrected chi connectivity index (χ1v) is 4.75. The molecule has 0 atom stereocenters. The third kappa shape index (κ3) is 3.87. The van der Waals surface area contributed by atoms with Gasteiger partial charge in [-0.05, 0) is 12.5 Å². The van der Waals surface area contributed by atoms with Crippen LogP contribution in [0.2, 0.25) is 0 Å². The first kappa shape index (κ1) is 11.2. The summed E-state index contributed by atoms with van der Waals surface area (Å²) in [5.74, 6) is 0. The van der Waals surface area contributed by atoms with Crippen molar-refractivity contribution >= 4 is 0 Å². The maximum Gasteiger partial charge on any atom is 0.0653 e. The van der Waals surface area contributed by atoms with Gasteiger partial charge < -0.3 is 16.2 Å². The molecule has 5 nitrogen and oxygen atoms in total. The molecule has 1 aromatic rings. The molecule has 0 radical (unpaired) electrons. The van der Waals surface area contributed by atoms with Gasteiger partial charge in [0.1, 0.15) is 0 Å². The summed E-state index contributed by atoms with van der Waals surface area (Å²) in [4.78, 5) is 0. The Kier molecular flexibility index (Phi) is 4.58. The van der Waals surface area contributed by atoms with Crippen molar-refractivity contribution < 1.29 is 4.74 Å². The van der Waals surface area contributed by atoms with Crippen molar-refractivity contribution in [1.82, 2.24) is 9.78 Å². The van der Waals surface area contributed by atoms with E-state index in [0.29, 0.717) is 6.42 Å². The summed E-state index contributed by atoms with van der Waals surface area (Å²) in [6.45, 7) is 1.62. The van der Waals surface area contributed by atoms with Crippen LogP contribution in [0.4, 0.5) is 0 Å². The maximum absolute atomic E-state index is 5.46. The van der Waals surface area contributed by atoms with E-state index in [1.54, 1.807) is 7.11 Å². The van der Waals surface area contributed by atoms with Crippen LogP contribution in [0.15, 0.2) is 12.3 Å². The number of nitrogens with two attached hydrogens (primary N) is 2. The zero-order chi connectivity index (χ0) is 10.4. The average Bonchev–Trinajstić information content (AvgIpc) is 2.52. The van der Waals surface area contributed by atoms with Crippen LogP contribution in [0.3, 0.4) is 0 Å². The molecule has 0 bridgehead atoms. The summed E-state index contributed by atoms with van der Waals surface area (Å²) >= 11 is 0. The first-order chi connectivity index (χ1) is 6.72. The van der Waals surface area contributed by atoms with E-state index >= 15 is 0 Å².